The zero-order chi connectivity index (χ0) is 26.8. The molecule has 1 aliphatic rings. The first-order valence-electron chi connectivity index (χ1n) is 10.4. The molecule has 11 heteroatoms. The number of ether oxygens (including phenoxy) is 2. The van der Waals surface area contributed by atoms with Crippen LogP contribution in [-0.4, -0.2) is 46.2 Å². The molecule has 0 bridgehead atoms. The number of nitrogens with two attached hydrogens (primary N) is 1. The molecule has 2 aromatic carbocycles. The molecular weight excluding hydrogens is 485 g/mol. The first-order valence-corrected chi connectivity index (χ1v) is 10.7. The monoisotopic (exact) mass is 511 g/mol. The van der Waals surface area contributed by atoms with Gasteiger partial charge in [-0.05, 0) is 75.6 Å². The summed E-state index contributed by atoms with van der Waals surface area (Å²) in [7, 11) is 0. The van der Waals surface area contributed by atoms with Crippen LogP contribution in [-0.2, 0) is 16.0 Å². The quantitative estimate of drug-likeness (QED) is 0.384. The molecule has 1 heterocycles. The highest BCUT2D eigenvalue weighted by atomic mass is 35.5. The third-order valence-corrected chi connectivity index (χ3v) is 4.88. The summed E-state index contributed by atoms with van der Waals surface area (Å²) in [5.74, 6) is -1.21. The fourth-order valence-corrected chi connectivity index (χ4v) is 2.93. The zero-order valence-corrected chi connectivity index (χ0v) is 20.2. The molecule has 0 saturated heterocycles. The minimum absolute atomic E-state index is 0.0786. The van der Waals surface area contributed by atoms with Crippen molar-refractivity contribution in [3.8, 4) is 5.75 Å². The smallest absolute Gasteiger partial charge is 0.488 e. The summed E-state index contributed by atoms with van der Waals surface area (Å²) in [6.07, 6.45) is 0.258. The van der Waals surface area contributed by atoms with Crippen LogP contribution in [0.5, 0.6) is 5.75 Å². The van der Waals surface area contributed by atoms with Gasteiger partial charge in [-0.15, -0.1) is 0 Å². The van der Waals surface area contributed by atoms with Gasteiger partial charge in [-0.25, -0.2) is 9.18 Å². The summed E-state index contributed by atoms with van der Waals surface area (Å²) in [6, 6.07) is 9.27. The van der Waals surface area contributed by atoms with Crippen LogP contribution >= 0.6 is 11.6 Å². The molecule has 0 radical (unpaired) electrons. The Kier molecular flexibility index (Phi) is 11.1. The van der Waals surface area contributed by atoms with Gasteiger partial charge in [0.15, 0.2) is 5.78 Å². The van der Waals surface area contributed by atoms with Crippen LogP contribution in [0, 0.1) is 5.82 Å². The number of ketones is 1. The van der Waals surface area contributed by atoms with Crippen LogP contribution in [0.15, 0.2) is 36.4 Å². The number of hydrogen-bond donors (Lipinski definition) is 3. The molecule has 1 amide bonds. The van der Waals surface area contributed by atoms with Crippen molar-refractivity contribution in [1.82, 2.24) is 0 Å². The lowest BCUT2D eigenvalue weighted by Crippen LogP contribution is -2.32. The lowest BCUT2D eigenvalue weighted by atomic mass is 9.93. The van der Waals surface area contributed by atoms with E-state index in [0.717, 1.165) is 35.8 Å². The van der Waals surface area contributed by atoms with E-state index < -0.39 is 23.8 Å². The number of carbonyl (C=O) groups is 4. The van der Waals surface area contributed by atoms with Gasteiger partial charge in [0, 0.05) is 11.1 Å². The number of Topliss-reactive ketones (excluding diaryl/α,β-unsaturated/α-hetero) is 1. The molecule has 190 valence electrons. The Bertz CT molecular complexity index is 1070. The molecule has 0 fully saturated rings. The van der Waals surface area contributed by atoms with E-state index in [4.69, 9.17) is 32.3 Å². The molecule has 9 nitrogen and oxygen atoms in total. The first kappa shape index (κ1) is 29.4. The van der Waals surface area contributed by atoms with Gasteiger partial charge in [-0.1, -0.05) is 11.6 Å². The van der Waals surface area contributed by atoms with Crippen molar-refractivity contribution in [2.24, 2.45) is 5.73 Å². The average molecular weight is 512 g/mol. The molecule has 0 aromatic heterocycles. The Labute approximate surface area is 206 Å². The number of benzene rings is 2. The molecule has 1 aliphatic heterocycles. The van der Waals surface area contributed by atoms with Crippen molar-refractivity contribution >= 4 is 35.4 Å². The predicted octanol–water partition coefficient (Wildman–Crippen LogP) is 4.73. The van der Waals surface area contributed by atoms with Crippen LogP contribution in [0.4, 0.5) is 9.18 Å². The van der Waals surface area contributed by atoms with Crippen LogP contribution < -0.4 is 10.5 Å². The largest absolute Gasteiger partial charge is 0.505 e. The second-order valence-corrected chi connectivity index (χ2v) is 8.40. The predicted molar refractivity (Wildman–Crippen MR) is 126 cm³/mol. The maximum Gasteiger partial charge on any atom is 0.505 e. The molecule has 0 aliphatic carbocycles. The van der Waals surface area contributed by atoms with Gasteiger partial charge < -0.3 is 25.4 Å². The maximum atomic E-state index is 12.5. The summed E-state index contributed by atoms with van der Waals surface area (Å²) in [6.45, 7) is 5.49. The molecule has 0 atom stereocenters. The van der Waals surface area contributed by atoms with Crippen LogP contribution in [0.2, 0.25) is 5.02 Å². The third kappa shape index (κ3) is 10.9. The van der Waals surface area contributed by atoms with Gasteiger partial charge in [-0.3, -0.25) is 14.4 Å². The molecule has 35 heavy (non-hydrogen) atoms. The average Bonchev–Trinajstić information content (AvgIpc) is 2.75. The maximum absolute atomic E-state index is 12.5. The fraction of sp³-hybridized carbons (Fsp3) is 0.333. The minimum atomic E-state index is -1.45. The number of primary amides is 1. The number of rotatable bonds is 5. The third-order valence-electron chi connectivity index (χ3n) is 4.60. The van der Waals surface area contributed by atoms with Crippen molar-refractivity contribution in [1.29, 1.82) is 0 Å². The highest BCUT2D eigenvalue weighted by molar-refractivity contribution is 6.31. The Morgan fingerprint density at radius 2 is 1.74 bits per heavy atom. The number of aliphatic carboxylic acids is 1. The topological polar surface area (TPSA) is 153 Å². The second kappa shape index (κ2) is 13.3. The van der Waals surface area contributed by atoms with Gasteiger partial charge in [0.1, 0.15) is 23.8 Å². The van der Waals surface area contributed by atoms with Gasteiger partial charge in [0.2, 0.25) is 5.91 Å². The number of halogens is 2. The van der Waals surface area contributed by atoms with Crippen LogP contribution in [0.25, 0.3) is 0 Å². The molecular formula is C24H27ClFNO8. The van der Waals surface area contributed by atoms with E-state index in [-0.39, 0.29) is 35.0 Å². The van der Waals surface area contributed by atoms with Crippen molar-refractivity contribution in [3.63, 3.8) is 0 Å². The SMILES string of the molecule is CC(=O)c1ccc2c(c1)CCC(C)(C)O2.NC(=O)c1ccc(F)c(Cl)c1.O=C(O)CCOC(=O)O. The number of carboxylic acids is 1. The van der Waals surface area contributed by atoms with Crippen molar-refractivity contribution < 1.29 is 43.3 Å². The molecule has 0 saturated carbocycles. The number of hydrogen-bond acceptors (Lipinski definition) is 6. The van der Waals surface area contributed by atoms with E-state index in [1.165, 1.54) is 12.1 Å². The highest BCUT2D eigenvalue weighted by Crippen LogP contribution is 2.33. The van der Waals surface area contributed by atoms with Gasteiger partial charge in [0.25, 0.3) is 0 Å². The second-order valence-electron chi connectivity index (χ2n) is 7.99. The lowest BCUT2D eigenvalue weighted by Gasteiger charge is -2.32. The van der Waals surface area contributed by atoms with Crippen molar-refractivity contribution in [3.05, 3.63) is 63.9 Å². The molecule has 0 spiro atoms. The lowest BCUT2D eigenvalue weighted by molar-refractivity contribution is -0.137. The molecule has 4 N–H and O–H groups in total. The molecule has 2 aromatic rings. The number of carboxylic acid groups (broad SMARTS) is 2. The molecule has 3 rings (SSSR count). The standard InChI is InChI=1S/C13H16O2.C7H5ClFNO.C4H6O5/c1-9(14)10-4-5-12-11(8-10)6-7-13(2,3)15-12;8-5-3-4(7(10)11)1-2-6(5)9;5-3(6)1-2-9-4(7)8/h4-5,8H,6-7H2,1-3H3;1-3H,(H2,10,11);1-2H2,(H,5,6)(H,7,8). The number of carbonyl (C=O) groups excluding carboxylic acids is 2. The minimum Gasteiger partial charge on any atom is -0.488 e. The summed E-state index contributed by atoms with van der Waals surface area (Å²) >= 11 is 5.38. The molecule has 0 unspecified atom stereocenters. The Morgan fingerprint density at radius 3 is 2.26 bits per heavy atom. The number of fused-ring (bicyclic) bond motifs is 1. The summed E-state index contributed by atoms with van der Waals surface area (Å²) in [5, 5.41) is 15.7. The Morgan fingerprint density at radius 1 is 1.11 bits per heavy atom. The van der Waals surface area contributed by atoms with Crippen LogP contribution in [0.1, 0.15) is 59.9 Å². The van der Waals surface area contributed by atoms with Gasteiger partial charge in [-0.2, -0.15) is 0 Å². The summed E-state index contributed by atoms with van der Waals surface area (Å²) in [4.78, 5) is 41.0. The Hall–Kier alpha value is -3.66. The van der Waals surface area contributed by atoms with Crippen molar-refractivity contribution in [2.45, 2.75) is 45.6 Å². The van der Waals surface area contributed by atoms with Crippen molar-refractivity contribution in [2.75, 3.05) is 6.61 Å². The highest BCUT2D eigenvalue weighted by Gasteiger charge is 2.26. The number of aryl methyl sites for hydroxylation is 1. The zero-order valence-electron chi connectivity index (χ0n) is 19.5. The van der Waals surface area contributed by atoms with Gasteiger partial charge >= 0.3 is 12.1 Å². The first-order chi connectivity index (χ1) is 16.2. The Balaban J connectivity index is 0.000000274. The van der Waals surface area contributed by atoms with E-state index in [1.54, 1.807) is 6.92 Å². The normalized spacial score (nSPS) is 12.8. The summed E-state index contributed by atoms with van der Waals surface area (Å²) in [5.41, 5.74) is 6.97. The van der Waals surface area contributed by atoms with Gasteiger partial charge in [0.05, 0.1) is 11.4 Å². The summed E-state index contributed by atoms with van der Waals surface area (Å²) < 4.78 is 22.2. The van der Waals surface area contributed by atoms with E-state index >= 15 is 0 Å². The van der Waals surface area contributed by atoms with E-state index in [1.807, 2.05) is 18.2 Å². The van der Waals surface area contributed by atoms with Crippen LogP contribution in [0.3, 0.4) is 0 Å². The van der Waals surface area contributed by atoms with E-state index in [9.17, 15) is 23.6 Å². The van der Waals surface area contributed by atoms with E-state index in [2.05, 4.69) is 18.6 Å². The van der Waals surface area contributed by atoms with E-state index in [0.29, 0.717) is 0 Å². The fourth-order valence-electron chi connectivity index (χ4n) is 2.75. The number of amides is 1.